The molecule has 8 nitrogen and oxygen atoms in total. The van der Waals surface area contributed by atoms with Crippen molar-refractivity contribution in [2.24, 2.45) is 0 Å². The first-order valence-electron chi connectivity index (χ1n) is 5.83. The van der Waals surface area contributed by atoms with E-state index in [1.807, 2.05) is 0 Å². The van der Waals surface area contributed by atoms with Gasteiger partial charge in [0.25, 0.3) is 0 Å². The van der Waals surface area contributed by atoms with E-state index in [0.717, 1.165) is 12.1 Å². The maximum atomic E-state index is 11.8. The first-order chi connectivity index (χ1) is 9.49. The van der Waals surface area contributed by atoms with E-state index in [-0.39, 0.29) is 37.6 Å². The highest BCUT2D eigenvalue weighted by Crippen LogP contribution is 2.21. The van der Waals surface area contributed by atoms with E-state index < -0.39 is 17.7 Å². The molecule has 0 aliphatic carbocycles. The minimum atomic E-state index is -1.32. The van der Waals surface area contributed by atoms with Crippen LogP contribution in [0.5, 0.6) is 5.75 Å². The third-order valence-corrected chi connectivity index (χ3v) is 2.51. The minimum absolute atomic E-state index is 0.0380. The number of aromatic carboxylic acids is 1. The van der Waals surface area contributed by atoms with E-state index in [1.54, 1.807) is 0 Å². The van der Waals surface area contributed by atoms with Crippen molar-refractivity contribution in [3.8, 4) is 5.75 Å². The maximum Gasteiger partial charge on any atom is 0.339 e. The van der Waals surface area contributed by atoms with Crippen molar-refractivity contribution in [2.75, 3.05) is 31.6 Å². The van der Waals surface area contributed by atoms with Gasteiger partial charge >= 0.3 is 12.0 Å². The van der Waals surface area contributed by atoms with E-state index in [9.17, 15) is 14.7 Å². The molecule has 2 amide bonds. The highest BCUT2D eigenvalue weighted by Gasteiger charge is 2.15. The van der Waals surface area contributed by atoms with Crippen molar-refractivity contribution < 1.29 is 30.0 Å². The molecule has 1 rings (SSSR count). The summed E-state index contributed by atoms with van der Waals surface area (Å²) in [6.45, 7) is -0.445. The van der Waals surface area contributed by atoms with Crippen LogP contribution in [0.2, 0.25) is 0 Å². The fraction of sp³-hybridized carbons (Fsp3) is 0.333. The number of carboxylic acid groups (broad SMARTS) is 1. The van der Waals surface area contributed by atoms with Gasteiger partial charge in [0.2, 0.25) is 0 Å². The number of hydrogen-bond donors (Lipinski definition) is 5. The van der Waals surface area contributed by atoms with Gasteiger partial charge in [-0.1, -0.05) is 0 Å². The van der Waals surface area contributed by atoms with Gasteiger partial charge in [-0.3, -0.25) is 0 Å². The number of carbonyl (C=O) groups is 2. The largest absolute Gasteiger partial charge is 0.507 e. The predicted molar refractivity (Wildman–Crippen MR) is 69.8 cm³/mol. The molecule has 0 aliphatic heterocycles. The van der Waals surface area contributed by atoms with Gasteiger partial charge in [-0.05, 0) is 18.2 Å². The molecule has 5 N–H and O–H groups in total. The average Bonchev–Trinajstić information content (AvgIpc) is 2.40. The molecule has 0 heterocycles. The summed E-state index contributed by atoms with van der Waals surface area (Å²) in [7, 11) is 0. The Labute approximate surface area is 114 Å². The third kappa shape index (κ3) is 4.11. The van der Waals surface area contributed by atoms with Gasteiger partial charge in [0.1, 0.15) is 11.3 Å². The van der Waals surface area contributed by atoms with Gasteiger partial charge in [-0.2, -0.15) is 0 Å². The van der Waals surface area contributed by atoms with Gasteiger partial charge in [0, 0.05) is 18.8 Å². The van der Waals surface area contributed by atoms with Crippen LogP contribution in [0.1, 0.15) is 10.4 Å². The van der Waals surface area contributed by atoms with Crippen molar-refractivity contribution in [1.82, 2.24) is 4.90 Å². The number of carbonyl (C=O) groups excluding carboxylic acids is 1. The lowest BCUT2D eigenvalue weighted by Gasteiger charge is -2.21. The van der Waals surface area contributed by atoms with Gasteiger partial charge < -0.3 is 30.6 Å². The number of nitrogens with zero attached hydrogens (tertiary/aromatic N) is 1. The zero-order valence-corrected chi connectivity index (χ0v) is 10.6. The predicted octanol–water partition coefficient (Wildman–Crippen LogP) is -0.0911. The Morgan fingerprint density at radius 1 is 1.15 bits per heavy atom. The van der Waals surface area contributed by atoms with Gasteiger partial charge in [-0.15, -0.1) is 0 Å². The third-order valence-electron chi connectivity index (χ3n) is 2.51. The second-order valence-corrected chi connectivity index (χ2v) is 3.90. The first kappa shape index (κ1) is 15.7. The summed E-state index contributed by atoms with van der Waals surface area (Å²) >= 11 is 0. The number of aromatic hydroxyl groups is 1. The van der Waals surface area contributed by atoms with E-state index in [2.05, 4.69) is 5.32 Å². The summed E-state index contributed by atoms with van der Waals surface area (Å²) < 4.78 is 0. The summed E-state index contributed by atoms with van der Waals surface area (Å²) in [6, 6.07) is 3.03. The minimum Gasteiger partial charge on any atom is -0.507 e. The quantitative estimate of drug-likeness (QED) is 0.464. The Hall–Kier alpha value is -2.32. The highest BCUT2D eigenvalue weighted by molar-refractivity contribution is 5.95. The summed E-state index contributed by atoms with van der Waals surface area (Å²) in [4.78, 5) is 23.9. The molecule has 0 aromatic heterocycles. The second-order valence-electron chi connectivity index (χ2n) is 3.90. The number of phenols is 1. The molecule has 1 aromatic carbocycles. The first-order valence-corrected chi connectivity index (χ1v) is 5.83. The van der Waals surface area contributed by atoms with Crippen molar-refractivity contribution in [3.63, 3.8) is 0 Å². The SMILES string of the molecule is O=C(O)c1cc(NC(=O)N(CCO)CCO)ccc1O. The van der Waals surface area contributed by atoms with E-state index in [1.165, 1.54) is 11.0 Å². The number of anilines is 1. The van der Waals surface area contributed by atoms with Crippen LogP contribution in [0.3, 0.4) is 0 Å². The lowest BCUT2D eigenvalue weighted by atomic mass is 10.2. The molecule has 0 saturated carbocycles. The van der Waals surface area contributed by atoms with Crippen LogP contribution in [0.4, 0.5) is 10.5 Å². The number of aliphatic hydroxyl groups excluding tert-OH is 2. The summed E-state index contributed by atoms with van der Waals surface area (Å²) in [6.07, 6.45) is 0. The molecule has 8 heteroatoms. The topological polar surface area (TPSA) is 130 Å². The molecular weight excluding hydrogens is 268 g/mol. The Bertz CT molecular complexity index is 485. The van der Waals surface area contributed by atoms with E-state index >= 15 is 0 Å². The van der Waals surface area contributed by atoms with Crippen molar-refractivity contribution in [2.45, 2.75) is 0 Å². The molecular formula is C12H16N2O6. The Morgan fingerprint density at radius 3 is 2.25 bits per heavy atom. The number of aliphatic hydroxyl groups is 2. The lowest BCUT2D eigenvalue weighted by Crippen LogP contribution is -2.38. The van der Waals surface area contributed by atoms with E-state index in [0.29, 0.717) is 0 Å². The molecule has 110 valence electrons. The van der Waals surface area contributed by atoms with Crippen molar-refractivity contribution in [1.29, 1.82) is 0 Å². The number of hydrogen-bond acceptors (Lipinski definition) is 5. The van der Waals surface area contributed by atoms with Crippen LogP contribution in [-0.4, -0.2) is 63.6 Å². The van der Waals surface area contributed by atoms with E-state index in [4.69, 9.17) is 15.3 Å². The molecule has 0 atom stereocenters. The van der Waals surface area contributed by atoms with Gasteiger partial charge in [0.15, 0.2) is 0 Å². The van der Waals surface area contributed by atoms with Crippen LogP contribution in [0, 0.1) is 0 Å². The fourth-order valence-electron chi connectivity index (χ4n) is 1.54. The van der Waals surface area contributed by atoms with Gasteiger partial charge in [-0.25, -0.2) is 9.59 Å². The number of carboxylic acids is 1. The molecule has 0 fully saturated rings. The van der Waals surface area contributed by atoms with Crippen molar-refractivity contribution >= 4 is 17.7 Å². The molecule has 20 heavy (non-hydrogen) atoms. The van der Waals surface area contributed by atoms with Crippen LogP contribution < -0.4 is 5.32 Å². The standard InChI is InChI=1S/C12H16N2O6/c15-5-3-14(4-6-16)12(20)13-8-1-2-10(17)9(7-8)11(18)19/h1-2,7,15-17H,3-6H2,(H,13,20)(H,18,19). The normalized spacial score (nSPS) is 10.1. The Balaban J connectivity index is 2.84. The molecule has 0 aliphatic rings. The Kier molecular flexibility index (Phi) is 5.75. The summed E-state index contributed by atoms with van der Waals surface area (Å²) in [5.74, 6) is -1.72. The second kappa shape index (κ2) is 7.31. The molecule has 0 radical (unpaired) electrons. The van der Waals surface area contributed by atoms with Gasteiger partial charge in [0.05, 0.1) is 13.2 Å². The number of rotatable bonds is 6. The number of nitrogens with one attached hydrogen (secondary N) is 1. The lowest BCUT2D eigenvalue weighted by molar-refractivity contribution is 0.0693. The smallest absolute Gasteiger partial charge is 0.339 e. The highest BCUT2D eigenvalue weighted by atomic mass is 16.4. The summed E-state index contributed by atoms with van der Waals surface area (Å²) in [5.41, 5.74) is -0.148. The van der Waals surface area contributed by atoms with Crippen molar-refractivity contribution in [3.05, 3.63) is 23.8 Å². The molecule has 0 unspecified atom stereocenters. The molecule has 1 aromatic rings. The maximum absolute atomic E-state index is 11.8. The zero-order chi connectivity index (χ0) is 15.1. The number of benzene rings is 1. The zero-order valence-electron chi connectivity index (χ0n) is 10.6. The van der Waals surface area contributed by atoms with Crippen LogP contribution in [-0.2, 0) is 0 Å². The van der Waals surface area contributed by atoms with Crippen LogP contribution >= 0.6 is 0 Å². The number of urea groups is 1. The summed E-state index contributed by atoms with van der Waals surface area (Å²) in [5, 5.41) is 38.3. The fourth-order valence-corrected chi connectivity index (χ4v) is 1.54. The number of amides is 2. The van der Waals surface area contributed by atoms with Crippen LogP contribution in [0.25, 0.3) is 0 Å². The average molecular weight is 284 g/mol. The molecule has 0 spiro atoms. The molecule has 0 bridgehead atoms. The molecule has 0 saturated heterocycles. The monoisotopic (exact) mass is 284 g/mol. The Morgan fingerprint density at radius 2 is 1.75 bits per heavy atom. The van der Waals surface area contributed by atoms with Crippen LogP contribution in [0.15, 0.2) is 18.2 Å².